The first-order valence-electron chi connectivity index (χ1n) is 6.80. The van der Waals surface area contributed by atoms with Crippen LogP contribution in [-0.2, 0) is 13.3 Å². The molecule has 0 aromatic rings. The van der Waals surface area contributed by atoms with Gasteiger partial charge in [0, 0.05) is 27.0 Å². The van der Waals surface area contributed by atoms with E-state index in [1.807, 2.05) is 7.11 Å². The van der Waals surface area contributed by atoms with Gasteiger partial charge in [0.05, 0.1) is 0 Å². The number of hydrogen-bond donors (Lipinski definition) is 0. The van der Waals surface area contributed by atoms with Crippen LogP contribution in [0.25, 0.3) is 0 Å². The molecule has 0 saturated heterocycles. The molecule has 0 spiro atoms. The van der Waals surface area contributed by atoms with E-state index in [-0.39, 0.29) is 0 Å². The first-order chi connectivity index (χ1) is 8.46. The second-order valence-corrected chi connectivity index (χ2v) is 14.4. The highest BCUT2D eigenvalue weighted by Crippen LogP contribution is 2.53. The van der Waals surface area contributed by atoms with Gasteiger partial charge in [-0.2, -0.15) is 0 Å². The summed E-state index contributed by atoms with van der Waals surface area (Å²) in [5.74, 6) is 1.55. The third kappa shape index (κ3) is 2.51. The topological polar surface area (TPSA) is 27.7 Å². The van der Waals surface area contributed by atoms with Crippen LogP contribution in [0.1, 0.15) is 12.8 Å². The van der Waals surface area contributed by atoms with Crippen LogP contribution in [0.3, 0.4) is 0 Å². The van der Waals surface area contributed by atoms with Crippen LogP contribution in [0, 0.1) is 11.8 Å². The molecule has 0 aliphatic heterocycles. The van der Waals surface area contributed by atoms with E-state index < -0.39 is 16.9 Å². The highest BCUT2D eigenvalue weighted by atomic mass is 28.4. The SMILES string of the molecule is CO[Si](C)(C[Si](C)(OC)C1CC2C=CC1C2)OC. The lowest BCUT2D eigenvalue weighted by molar-refractivity contribution is 0.250. The molecule has 1 fully saturated rings. The molecule has 0 heterocycles. The number of fused-ring (bicyclic) bond motifs is 2. The molecule has 0 radical (unpaired) electrons. The Morgan fingerprint density at radius 2 is 1.67 bits per heavy atom. The van der Waals surface area contributed by atoms with Crippen molar-refractivity contribution in [2.45, 2.75) is 37.1 Å². The van der Waals surface area contributed by atoms with Gasteiger partial charge >= 0.3 is 8.56 Å². The van der Waals surface area contributed by atoms with E-state index in [1.54, 1.807) is 14.2 Å². The van der Waals surface area contributed by atoms with E-state index in [1.165, 1.54) is 12.8 Å². The van der Waals surface area contributed by atoms with Crippen molar-refractivity contribution in [1.29, 1.82) is 0 Å². The summed E-state index contributed by atoms with van der Waals surface area (Å²) >= 11 is 0. The molecule has 0 aromatic heterocycles. The molecular weight excluding hydrogens is 260 g/mol. The zero-order valence-corrected chi connectivity index (χ0v) is 14.2. The van der Waals surface area contributed by atoms with Crippen molar-refractivity contribution < 1.29 is 13.3 Å². The summed E-state index contributed by atoms with van der Waals surface area (Å²) in [6, 6.07) is 0. The zero-order valence-electron chi connectivity index (χ0n) is 12.2. The summed E-state index contributed by atoms with van der Waals surface area (Å²) in [4.78, 5) is 0. The van der Waals surface area contributed by atoms with Gasteiger partial charge in [0.1, 0.15) is 0 Å². The summed E-state index contributed by atoms with van der Waals surface area (Å²) in [6.45, 7) is 4.52. The van der Waals surface area contributed by atoms with Gasteiger partial charge in [-0.15, -0.1) is 0 Å². The third-order valence-corrected chi connectivity index (χ3v) is 15.3. The lowest BCUT2D eigenvalue weighted by Gasteiger charge is -2.39. The maximum atomic E-state index is 6.05. The first kappa shape index (κ1) is 14.5. The Hall–Kier alpha value is 0.0538. The minimum Gasteiger partial charge on any atom is -0.420 e. The Morgan fingerprint density at radius 1 is 1.00 bits per heavy atom. The second-order valence-electron chi connectivity index (χ2n) is 6.12. The van der Waals surface area contributed by atoms with Gasteiger partial charge in [-0.3, -0.25) is 0 Å². The predicted molar refractivity (Wildman–Crippen MR) is 78.2 cm³/mol. The van der Waals surface area contributed by atoms with Gasteiger partial charge in [-0.1, -0.05) is 12.2 Å². The highest BCUT2D eigenvalue weighted by Gasteiger charge is 2.52. The molecule has 0 aromatic carbocycles. The van der Waals surface area contributed by atoms with Gasteiger partial charge < -0.3 is 13.3 Å². The summed E-state index contributed by atoms with van der Waals surface area (Å²) in [5.41, 5.74) is 1.78. The molecule has 2 bridgehead atoms. The molecule has 4 unspecified atom stereocenters. The molecule has 2 rings (SSSR count). The van der Waals surface area contributed by atoms with Crippen molar-refractivity contribution in [2.24, 2.45) is 11.8 Å². The largest absolute Gasteiger partial charge is 0.420 e. The first-order valence-corrected chi connectivity index (χ1v) is 12.0. The molecular formula is C13H26O3Si2. The van der Waals surface area contributed by atoms with Crippen LogP contribution < -0.4 is 0 Å². The van der Waals surface area contributed by atoms with Crippen LogP contribution in [0.15, 0.2) is 12.2 Å². The van der Waals surface area contributed by atoms with E-state index in [2.05, 4.69) is 25.2 Å². The molecule has 18 heavy (non-hydrogen) atoms. The monoisotopic (exact) mass is 286 g/mol. The van der Waals surface area contributed by atoms with Crippen LogP contribution in [0.2, 0.25) is 24.3 Å². The van der Waals surface area contributed by atoms with Crippen molar-refractivity contribution in [3.63, 3.8) is 0 Å². The average Bonchev–Trinajstić information content (AvgIpc) is 3.01. The van der Waals surface area contributed by atoms with Crippen LogP contribution in [0.4, 0.5) is 0 Å². The Kier molecular flexibility index (Phi) is 4.18. The van der Waals surface area contributed by atoms with Crippen molar-refractivity contribution in [1.82, 2.24) is 0 Å². The van der Waals surface area contributed by atoms with Gasteiger partial charge in [0.2, 0.25) is 0 Å². The third-order valence-electron chi connectivity index (χ3n) is 5.07. The molecule has 5 heteroatoms. The molecule has 104 valence electrons. The molecule has 2 aliphatic carbocycles. The lowest BCUT2D eigenvalue weighted by Crippen LogP contribution is -2.51. The number of allylic oxidation sites excluding steroid dienone is 2. The van der Waals surface area contributed by atoms with Crippen LogP contribution in [0.5, 0.6) is 0 Å². The van der Waals surface area contributed by atoms with Gasteiger partial charge in [-0.05, 0) is 43.3 Å². The van der Waals surface area contributed by atoms with Crippen LogP contribution in [-0.4, -0.2) is 38.2 Å². The minimum absolute atomic E-state index is 0.745. The van der Waals surface area contributed by atoms with E-state index in [0.29, 0.717) is 0 Å². The fraction of sp³-hybridized carbons (Fsp3) is 0.846. The van der Waals surface area contributed by atoms with Crippen molar-refractivity contribution in [3.05, 3.63) is 12.2 Å². The van der Waals surface area contributed by atoms with E-state index in [0.717, 1.165) is 23.0 Å². The van der Waals surface area contributed by atoms with Gasteiger partial charge in [0.25, 0.3) is 0 Å². The fourth-order valence-corrected chi connectivity index (χ4v) is 14.0. The lowest BCUT2D eigenvalue weighted by atomic mass is 10.1. The molecule has 3 nitrogen and oxygen atoms in total. The summed E-state index contributed by atoms with van der Waals surface area (Å²) in [6.07, 6.45) is 7.47. The van der Waals surface area contributed by atoms with Crippen LogP contribution >= 0.6 is 0 Å². The summed E-state index contributed by atoms with van der Waals surface area (Å²) in [5, 5.41) is 0. The Morgan fingerprint density at radius 3 is 2.06 bits per heavy atom. The van der Waals surface area contributed by atoms with E-state index in [4.69, 9.17) is 13.3 Å². The standard InChI is InChI=1S/C13H26O3Si2/c1-14-17(4,10-18(5,15-2)16-3)13-9-11-6-7-12(13)8-11/h6-7,11-13H,8-10H2,1-5H3. The van der Waals surface area contributed by atoms with Crippen molar-refractivity contribution in [2.75, 3.05) is 21.3 Å². The molecule has 1 saturated carbocycles. The zero-order chi connectivity index (χ0) is 13.4. The molecule has 2 aliphatic rings. The van der Waals surface area contributed by atoms with Crippen molar-refractivity contribution in [3.8, 4) is 0 Å². The fourth-order valence-electron chi connectivity index (χ4n) is 3.70. The summed E-state index contributed by atoms with van der Waals surface area (Å²) in [7, 11) is 1.65. The number of rotatable bonds is 6. The second kappa shape index (κ2) is 5.21. The van der Waals surface area contributed by atoms with Crippen molar-refractivity contribution >= 4 is 16.9 Å². The molecule has 0 amide bonds. The Labute approximate surface area is 113 Å². The van der Waals surface area contributed by atoms with E-state index in [9.17, 15) is 0 Å². The average molecular weight is 287 g/mol. The predicted octanol–water partition coefficient (Wildman–Crippen LogP) is 3.08. The molecule has 4 atom stereocenters. The normalized spacial score (nSPS) is 33.9. The quantitative estimate of drug-likeness (QED) is 0.555. The van der Waals surface area contributed by atoms with Gasteiger partial charge in [-0.25, -0.2) is 0 Å². The molecule has 0 N–H and O–H groups in total. The smallest absolute Gasteiger partial charge is 0.333 e. The maximum Gasteiger partial charge on any atom is 0.333 e. The summed E-state index contributed by atoms with van der Waals surface area (Å²) < 4.78 is 17.4. The Bertz CT molecular complexity index is 330. The number of hydrogen-bond acceptors (Lipinski definition) is 3. The van der Waals surface area contributed by atoms with E-state index >= 15 is 0 Å². The maximum absolute atomic E-state index is 6.05. The minimum atomic E-state index is -2.04. The Balaban J connectivity index is 2.13. The van der Waals surface area contributed by atoms with Gasteiger partial charge in [0.15, 0.2) is 8.32 Å². The highest BCUT2D eigenvalue weighted by molar-refractivity contribution is 6.88.